The second kappa shape index (κ2) is 9.30. The van der Waals surface area contributed by atoms with Gasteiger partial charge >= 0.3 is 5.97 Å². The topological polar surface area (TPSA) is 59.3 Å². The van der Waals surface area contributed by atoms with Gasteiger partial charge in [-0.1, -0.05) is 35.9 Å². The summed E-state index contributed by atoms with van der Waals surface area (Å²) >= 11 is 6.03. The van der Waals surface area contributed by atoms with Crippen LogP contribution in [0, 0.1) is 25.2 Å². The molecule has 0 saturated carbocycles. The smallest absolute Gasteiger partial charge is 0.343 e. The average molecular weight is 418 g/mol. The lowest BCUT2D eigenvalue weighted by Crippen LogP contribution is -2.09. The summed E-state index contributed by atoms with van der Waals surface area (Å²) < 4.78 is 10.9. The highest BCUT2D eigenvalue weighted by atomic mass is 35.5. The molecule has 3 aromatic rings. The Kier molecular flexibility index (Phi) is 6.56. The Bertz CT molecular complexity index is 1180. The second-order valence-corrected chi connectivity index (χ2v) is 7.22. The molecule has 0 aliphatic heterocycles. The minimum atomic E-state index is -0.462. The van der Waals surface area contributed by atoms with E-state index in [0.29, 0.717) is 33.2 Å². The van der Waals surface area contributed by atoms with E-state index in [0.717, 1.165) is 16.7 Å². The van der Waals surface area contributed by atoms with E-state index in [-0.39, 0.29) is 0 Å². The summed E-state index contributed by atoms with van der Waals surface area (Å²) in [5.74, 6) is 0.236. The maximum Gasteiger partial charge on any atom is 0.343 e. The molecular weight excluding hydrogens is 398 g/mol. The summed E-state index contributed by atoms with van der Waals surface area (Å²) in [6.45, 7) is 3.93. The number of hydrogen-bond donors (Lipinski definition) is 0. The molecule has 0 aromatic heterocycles. The number of carbonyl (C=O) groups excluding carboxylic acids is 1. The molecule has 4 nitrogen and oxygen atoms in total. The minimum absolute atomic E-state index is 0.305. The van der Waals surface area contributed by atoms with Crippen LogP contribution in [0.4, 0.5) is 0 Å². The number of nitrogens with zero attached hydrogens (tertiary/aromatic N) is 1. The quantitative estimate of drug-likeness (QED) is 0.213. The van der Waals surface area contributed by atoms with Crippen LogP contribution in [0.5, 0.6) is 11.5 Å². The lowest BCUT2D eigenvalue weighted by Gasteiger charge is -2.11. The van der Waals surface area contributed by atoms with Crippen molar-refractivity contribution in [3.05, 3.63) is 93.5 Å². The van der Waals surface area contributed by atoms with Gasteiger partial charge in [0.05, 0.1) is 24.3 Å². The number of ether oxygens (including phenoxy) is 2. The number of halogens is 1. The Balaban J connectivity index is 1.88. The second-order valence-electron chi connectivity index (χ2n) is 6.78. The Morgan fingerprint density at radius 1 is 0.967 bits per heavy atom. The van der Waals surface area contributed by atoms with Crippen molar-refractivity contribution in [3.63, 3.8) is 0 Å². The van der Waals surface area contributed by atoms with E-state index in [1.165, 1.54) is 7.11 Å². The predicted octanol–water partition coefficient (Wildman–Crippen LogP) is 6.25. The molecule has 0 unspecified atom stereocenters. The van der Waals surface area contributed by atoms with E-state index < -0.39 is 5.97 Å². The molecule has 0 amide bonds. The summed E-state index contributed by atoms with van der Waals surface area (Å²) in [4.78, 5) is 12.5. The van der Waals surface area contributed by atoms with E-state index in [1.54, 1.807) is 54.6 Å². The highest BCUT2D eigenvalue weighted by Gasteiger charge is 2.14. The molecule has 30 heavy (non-hydrogen) atoms. The number of carbonyl (C=O) groups is 1. The first kappa shape index (κ1) is 21.2. The molecule has 150 valence electrons. The van der Waals surface area contributed by atoms with Crippen LogP contribution in [0.2, 0.25) is 5.02 Å². The van der Waals surface area contributed by atoms with Crippen molar-refractivity contribution in [2.24, 2.45) is 0 Å². The van der Waals surface area contributed by atoms with Gasteiger partial charge in [0.1, 0.15) is 0 Å². The van der Waals surface area contributed by atoms with E-state index in [2.05, 4.69) is 6.07 Å². The molecule has 0 heterocycles. The van der Waals surface area contributed by atoms with Gasteiger partial charge in [0.2, 0.25) is 0 Å². The molecule has 5 heteroatoms. The number of benzene rings is 3. The van der Waals surface area contributed by atoms with Crippen LogP contribution in [0.1, 0.15) is 32.6 Å². The van der Waals surface area contributed by atoms with Crippen molar-refractivity contribution in [1.82, 2.24) is 0 Å². The van der Waals surface area contributed by atoms with Crippen molar-refractivity contribution in [2.45, 2.75) is 13.8 Å². The van der Waals surface area contributed by atoms with Crippen LogP contribution in [0.3, 0.4) is 0 Å². The van der Waals surface area contributed by atoms with Crippen molar-refractivity contribution in [3.8, 4) is 17.6 Å². The molecule has 0 aliphatic rings. The number of allylic oxidation sites excluding steroid dienone is 1. The van der Waals surface area contributed by atoms with Crippen molar-refractivity contribution in [2.75, 3.05) is 7.11 Å². The first-order valence-electron chi connectivity index (χ1n) is 9.26. The van der Waals surface area contributed by atoms with E-state index >= 15 is 0 Å². The fourth-order valence-electron chi connectivity index (χ4n) is 2.89. The molecule has 0 radical (unpaired) electrons. The molecule has 0 fully saturated rings. The number of aryl methyl sites for hydroxylation is 2. The zero-order valence-corrected chi connectivity index (χ0v) is 17.7. The van der Waals surface area contributed by atoms with Crippen LogP contribution >= 0.6 is 11.6 Å². The van der Waals surface area contributed by atoms with Crippen LogP contribution in [-0.2, 0) is 0 Å². The van der Waals surface area contributed by atoms with Gasteiger partial charge in [-0.05, 0) is 78.6 Å². The summed E-state index contributed by atoms with van der Waals surface area (Å²) in [7, 11) is 1.50. The predicted molar refractivity (Wildman–Crippen MR) is 119 cm³/mol. The van der Waals surface area contributed by atoms with Crippen molar-refractivity contribution < 1.29 is 14.3 Å². The number of nitriles is 1. The maximum absolute atomic E-state index is 12.5. The summed E-state index contributed by atoms with van der Waals surface area (Å²) in [5, 5.41) is 10.1. The van der Waals surface area contributed by atoms with Crippen LogP contribution in [-0.4, -0.2) is 13.1 Å². The van der Waals surface area contributed by atoms with Gasteiger partial charge < -0.3 is 9.47 Å². The Morgan fingerprint density at radius 3 is 2.43 bits per heavy atom. The van der Waals surface area contributed by atoms with E-state index in [1.807, 2.05) is 26.0 Å². The van der Waals surface area contributed by atoms with E-state index in [4.69, 9.17) is 21.1 Å². The van der Waals surface area contributed by atoms with Gasteiger partial charge in [0.25, 0.3) is 0 Å². The van der Waals surface area contributed by atoms with Crippen LogP contribution in [0.15, 0.2) is 60.7 Å². The molecule has 3 aromatic carbocycles. The average Bonchev–Trinajstić information content (AvgIpc) is 2.74. The third-order valence-electron chi connectivity index (χ3n) is 4.70. The normalized spacial score (nSPS) is 11.0. The highest BCUT2D eigenvalue weighted by molar-refractivity contribution is 6.30. The number of methoxy groups -OCH3 is 1. The molecule has 3 rings (SSSR count). The van der Waals surface area contributed by atoms with Gasteiger partial charge in [-0.25, -0.2) is 4.79 Å². The minimum Gasteiger partial charge on any atom is -0.493 e. The molecule has 0 spiro atoms. The summed E-state index contributed by atoms with van der Waals surface area (Å²) in [6.07, 6.45) is 1.73. The third-order valence-corrected chi connectivity index (χ3v) is 4.94. The fourth-order valence-corrected chi connectivity index (χ4v) is 3.08. The summed E-state index contributed by atoms with van der Waals surface area (Å²) in [6, 6.07) is 19.8. The first-order valence-corrected chi connectivity index (χ1v) is 9.64. The van der Waals surface area contributed by atoms with Crippen molar-refractivity contribution >= 4 is 29.2 Å². The maximum atomic E-state index is 12.5. The fraction of sp³-hybridized carbons (Fsp3) is 0.120. The van der Waals surface area contributed by atoms with Crippen LogP contribution < -0.4 is 9.47 Å². The molecule has 0 saturated heterocycles. The molecule has 0 aliphatic carbocycles. The first-order chi connectivity index (χ1) is 14.4. The van der Waals surface area contributed by atoms with Gasteiger partial charge in [-0.15, -0.1) is 0 Å². The zero-order valence-electron chi connectivity index (χ0n) is 16.9. The van der Waals surface area contributed by atoms with Gasteiger partial charge in [0, 0.05) is 5.02 Å². The van der Waals surface area contributed by atoms with Crippen molar-refractivity contribution in [1.29, 1.82) is 5.26 Å². The lowest BCUT2D eigenvalue weighted by molar-refractivity contribution is 0.0729. The number of hydrogen-bond acceptors (Lipinski definition) is 4. The van der Waals surface area contributed by atoms with Gasteiger partial charge in [-0.2, -0.15) is 5.26 Å². The SMILES string of the molecule is COc1cc(/C=C(/C#N)c2cccc(Cl)c2)ccc1OC(=O)c1ccc(C)c(C)c1. The van der Waals surface area contributed by atoms with Gasteiger partial charge in [-0.3, -0.25) is 0 Å². The Labute approximate surface area is 180 Å². The molecular formula is C25H20ClNO3. The van der Waals surface area contributed by atoms with Crippen LogP contribution in [0.25, 0.3) is 11.6 Å². The monoisotopic (exact) mass is 417 g/mol. The Morgan fingerprint density at radius 2 is 1.77 bits per heavy atom. The van der Waals surface area contributed by atoms with Gasteiger partial charge in [0.15, 0.2) is 11.5 Å². The molecule has 0 atom stereocenters. The lowest BCUT2D eigenvalue weighted by atomic mass is 10.0. The summed E-state index contributed by atoms with van der Waals surface area (Å²) in [5.41, 5.74) is 4.50. The standard InChI is InChI=1S/C25H20ClNO3/c1-16-7-9-20(11-17(16)2)25(28)30-23-10-8-18(13-24(23)29-3)12-21(15-27)19-5-4-6-22(26)14-19/h4-14H,1-3H3/b21-12-. The zero-order chi connectivity index (χ0) is 21.7. The molecule has 0 N–H and O–H groups in total. The van der Waals surface area contributed by atoms with E-state index in [9.17, 15) is 10.1 Å². The largest absolute Gasteiger partial charge is 0.493 e. The number of rotatable bonds is 5. The number of esters is 1. The third kappa shape index (κ3) is 4.89. The highest BCUT2D eigenvalue weighted by Crippen LogP contribution is 2.31. The molecule has 0 bridgehead atoms. The Hall–Kier alpha value is -3.55.